The van der Waals surface area contributed by atoms with Crippen molar-refractivity contribution >= 4 is 11.6 Å². The first-order chi connectivity index (χ1) is 11.6. The van der Waals surface area contributed by atoms with Crippen LogP contribution in [0.15, 0.2) is 24.3 Å². The molecule has 0 spiro atoms. The van der Waals surface area contributed by atoms with E-state index in [0.29, 0.717) is 37.5 Å². The zero-order valence-corrected chi connectivity index (χ0v) is 14.3. The number of nitrogens with two attached hydrogens (primary N) is 1. The molecule has 0 radical (unpaired) electrons. The Morgan fingerprint density at radius 1 is 1.44 bits per heavy atom. The Morgan fingerprint density at radius 3 is 2.80 bits per heavy atom. The van der Waals surface area contributed by atoms with Crippen LogP contribution < -0.4 is 20.7 Å². The van der Waals surface area contributed by atoms with E-state index in [4.69, 9.17) is 5.73 Å². The molecule has 1 saturated heterocycles. The SMILES string of the molecule is CC(C)C[C@H](N)C(=O)NC1CCN(c2cccc(OC(F)(F)F)c2)C1. The number of hydrogen-bond acceptors (Lipinski definition) is 4. The molecule has 1 fully saturated rings. The summed E-state index contributed by atoms with van der Waals surface area (Å²) in [5.41, 5.74) is 6.50. The van der Waals surface area contributed by atoms with Gasteiger partial charge in [0, 0.05) is 30.9 Å². The second kappa shape index (κ2) is 7.95. The number of ether oxygens (including phenoxy) is 1. The zero-order valence-electron chi connectivity index (χ0n) is 14.3. The summed E-state index contributed by atoms with van der Waals surface area (Å²) < 4.78 is 40.9. The molecule has 1 aliphatic rings. The molecule has 1 aromatic carbocycles. The number of carbonyl (C=O) groups excluding carboxylic acids is 1. The van der Waals surface area contributed by atoms with Crippen molar-refractivity contribution < 1.29 is 22.7 Å². The third kappa shape index (κ3) is 6.12. The maximum absolute atomic E-state index is 12.3. The van der Waals surface area contributed by atoms with Crippen molar-refractivity contribution in [2.75, 3.05) is 18.0 Å². The molecule has 140 valence electrons. The van der Waals surface area contributed by atoms with Gasteiger partial charge < -0.3 is 20.7 Å². The van der Waals surface area contributed by atoms with Gasteiger partial charge in [0.2, 0.25) is 5.91 Å². The number of alkyl halides is 3. The number of benzene rings is 1. The fourth-order valence-corrected chi connectivity index (χ4v) is 2.91. The van der Waals surface area contributed by atoms with E-state index in [0.717, 1.165) is 0 Å². The van der Waals surface area contributed by atoms with E-state index in [1.165, 1.54) is 18.2 Å². The quantitative estimate of drug-likeness (QED) is 0.819. The summed E-state index contributed by atoms with van der Waals surface area (Å²) in [4.78, 5) is 14.0. The number of nitrogens with one attached hydrogen (secondary N) is 1. The minimum atomic E-state index is -4.72. The van der Waals surface area contributed by atoms with Crippen molar-refractivity contribution in [3.05, 3.63) is 24.3 Å². The maximum atomic E-state index is 12.3. The van der Waals surface area contributed by atoms with Gasteiger partial charge in [-0.3, -0.25) is 4.79 Å². The van der Waals surface area contributed by atoms with Gasteiger partial charge in [0.15, 0.2) is 0 Å². The smallest absolute Gasteiger partial charge is 0.406 e. The number of rotatable bonds is 6. The summed E-state index contributed by atoms with van der Waals surface area (Å²) in [6.07, 6.45) is -3.39. The summed E-state index contributed by atoms with van der Waals surface area (Å²) in [7, 11) is 0. The average molecular weight is 359 g/mol. The molecule has 2 atom stereocenters. The van der Waals surface area contributed by atoms with Crippen molar-refractivity contribution in [3.8, 4) is 5.75 Å². The summed E-state index contributed by atoms with van der Waals surface area (Å²) in [6.45, 7) is 5.16. The Morgan fingerprint density at radius 2 is 2.16 bits per heavy atom. The van der Waals surface area contributed by atoms with Crippen LogP contribution in [-0.2, 0) is 4.79 Å². The molecular weight excluding hydrogens is 335 g/mol. The van der Waals surface area contributed by atoms with Crippen LogP contribution in [0.2, 0.25) is 0 Å². The monoisotopic (exact) mass is 359 g/mol. The highest BCUT2D eigenvalue weighted by atomic mass is 19.4. The number of halogens is 3. The molecule has 0 saturated carbocycles. The van der Waals surface area contributed by atoms with Crippen LogP contribution in [0.1, 0.15) is 26.7 Å². The van der Waals surface area contributed by atoms with Crippen LogP contribution in [0.25, 0.3) is 0 Å². The van der Waals surface area contributed by atoms with E-state index in [1.54, 1.807) is 6.07 Å². The molecule has 0 aliphatic carbocycles. The lowest BCUT2D eigenvalue weighted by Gasteiger charge is -2.21. The normalized spacial score (nSPS) is 19.2. The fraction of sp³-hybridized carbons (Fsp3) is 0.588. The van der Waals surface area contributed by atoms with Gasteiger partial charge >= 0.3 is 6.36 Å². The Balaban J connectivity index is 1.92. The molecule has 5 nitrogen and oxygen atoms in total. The minimum absolute atomic E-state index is 0.0714. The highest BCUT2D eigenvalue weighted by Gasteiger charge is 2.31. The van der Waals surface area contributed by atoms with E-state index in [1.807, 2.05) is 18.7 Å². The molecule has 1 aromatic rings. The van der Waals surface area contributed by atoms with Gasteiger partial charge in [-0.2, -0.15) is 0 Å². The van der Waals surface area contributed by atoms with E-state index >= 15 is 0 Å². The number of anilines is 1. The van der Waals surface area contributed by atoms with Crippen LogP contribution in [0.4, 0.5) is 18.9 Å². The van der Waals surface area contributed by atoms with Crippen LogP contribution in [-0.4, -0.2) is 37.4 Å². The molecule has 8 heteroatoms. The Kier molecular flexibility index (Phi) is 6.16. The predicted molar refractivity (Wildman–Crippen MR) is 89.3 cm³/mol. The van der Waals surface area contributed by atoms with Gasteiger partial charge in [-0.25, -0.2) is 0 Å². The van der Waals surface area contributed by atoms with Gasteiger partial charge in [-0.1, -0.05) is 19.9 Å². The number of carbonyl (C=O) groups is 1. The maximum Gasteiger partial charge on any atom is 0.573 e. The summed E-state index contributed by atoms with van der Waals surface area (Å²) in [5, 5.41) is 2.92. The predicted octanol–water partition coefficient (Wildman–Crippen LogP) is 2.65. The van der Waals surface area contributed by atoms with Gasteiger partial charge in [0.05, 0.1) is 6.04 Å². The molecular formula is C17H24F3N3O2. The van der Waals surface area contributed by atoms with E-state index in [2.05, 4.69) is 10.1 Å². The van der Waals surface area contributed by atoms with Crippen molar-refractivity contribution in [2.24, 2.45) is 11.7 Å². The first-order valence-corrected chi connectivity index (χ1v) is 8.31. The second-order valence-electron chi connectivity index (χ2n) is 6.72. The summed E-state index contributed by atoms with van der Waals surface area (Å²) in [6, 6.07) is 5.23. The third-order valence-electron chi connectivity index (χ3n) is 4.01. The lowest BCUT2D eigenvalue weighted by Crippen LogP contribution is -2.46. The van der Waals surface area contributed by atoms with E-state index in [9.17, 15) is 18.0 Å². The lowest BCUT2D eigenvalue weighted by atomic mass is 10.0. The zero-order chi connectivity index (χ0) is 18.6. The summed E-state index contributed by atoms with van der Waals surface area (Å²) >= 11 is 0. The second-order valence-corrected chi connectivity index (χ2v) is 6.72. The summed E-state index contributed by atoms with van der Waals surface area (Å²) in [5.74, 6) is -0.108. The van der Waals surface area contributed by atoms with Crippen molar-refractivity contribution in [1.29, 1.82) is 0 Å². The van der Waals surface area contributed by atoms with Gasteiger partial charge in [-0.05, 0) is 30.9 Å². The minimum Gasteiger partial charge on any atom is -0.406 e. The van der Waals surface area contributed by atoms with E-state index < -0.39 is 12.4 Å². The molecule has 0 aromatic heterocycles. The first-order valence-electron chi connectivity index (χ1n) is 8.31. The van der Waals surface area contributed by atoms with Crippen LogP contribution in [0.5, 0.6) is 5.75 Å². The molecule has 0 bridgehead atoms. The molecule has 1 aliphatic heterocycles. The largest absolute Gasteiger partial charge is 0.573 e. The number of hydrogen-bond donors (Lipinski definition) is 2. The standard InChI is InChI=1S/C17H24F3N3O2/c1-11(2)8-15(21)16(24)22-12-6-7-23(10-12)13-4-3-5-14(9-13)25-17(18,19)20/h3-5,9,11-12,15H,6-8,10,21H2,1-2H3,(H,22,24)/t12?,15-/m0/s1. The first kappa shape index (κ1) is 19.4. The Labute approximate surface area is 145 Å². The molecule has 1 amide bonds. The van der Waals surface area contributed by atoms with Crippen LogP contribution >= 0.6 is 0 Å². The third-order valence-corrected chi connectivity index (χ3v) is 4.01. The topological polar surface area (TPSA) is 67.6 Å². The Bertz CT molecular complexity index is 593. The molecule has 1 unspecified atom stereocenters. The van der Waals surface area contributed by atoms with Gasteiger partial charge in [-0.15, -0.1) is 13.2 Å². The molecule has 25 heavy (non-hydrogen) atoms. The highest BCUT2D eigenvalue weighted by Crippen LogP contribution is 2.28. The van der Waals surface area contributed by atoms with Crippen LogP contribution in [0.3, 0.4) is 0 Å². The van der Waals surface area contributed by atoms with Crippen molar-refractivity contribution in [2.45, 2.75) is 45.1 Å². The fourth-order valence-electron chi connectivity index (χ4n) is 2.91. The number of nitrogens with zero attached hydrogens (tertiary/aromatic N) is 1. The van der Waals surface area contributed by atoms with Gasteiger partial charge in [0.1, 0.15) is 5.75 Å². The molecule has 1 heterocycles. The molecule has 2 rings (SSSR count). The van der Waals surface area contributed by atoms with Crippen LogP contribution in [0, 0.1) is 5.92 Å². The molecule has 3 N–H and O–H groups in total. The van der Waals surface area contributed by atoms with Crippen molar-refractivity contribution in [3.63, 3.8) is 0 Å². The van der Waals surface area contributed by atoms with E-state index in [-0.39, 0.29) is 17.7 Å². The highest BCUT2D eigenvalue weighted by molar-refractivity contribution is 5.81. The number of amides is 1. The van der Waals surface area contributed by atoms with Gasteiger partial charge in [0.25, 0.3) is 0 Å². The van der Waals surface area contributed by atoms with Crippen molar-refractivity contribution in [1.82, 2.24) is 5.32 Å². The Hall–Kier alpha value is -1.96. The average Bonchev–Trinajstić information content (AvgIpc) is 2.93. The lowest BCUT2D eigenvalue weighted by molar-refractivity contribution is -0.274.